The van der Waals surface area contributed by atoms with Crippen molar-refractivity contribution in [2.24, 2.45) is 0 Å². The zero-order chi connectivity index (χ0) is 22.4. The molecule has 0 aromatic heterocycles. The lowest BCUT2D eigenvalue weighted by atomic mass is 9.95. The third-order valence-corrected chi connectivity index (χ3v) is 6.63. The molecule has 0 saturated heterocycles. The smallest absolute Gasteiger partial charge is 0.417 e. The van der Waals surface area contributed by atoms with E-state index in [9.17, 15) is 21.6 Å². The third kappa shape index (κ3) is 3.93. The Hall–Kier alpha value is -2.84. The maximum absolute atomic E-state index is 13.6. The summed E-state index contributed by atoms with van der Waals surface area (Å²) in [5, 5.41) is 0. The third-order valence-electron chi connectivity index (χ3n) is 5.29. The SMILES string of the molecule is COS(=O)(=O)c1ccc(C)cc1C1Cc2cccc(-c3ccccc3C(F)(F)F)c2O1. The molecule has 31 heavy (non-hydrogen) atoms. The van der Waals surface area contributed by atoms with Crippen LogP contribution in [-0.4, -0.2) is 15.5 Å². The quantitative estimate of drug-likeness (QED) is 0.481. The van der Waals surface area contributed by atoms with Crippen LogP contribution in [0.2, 0.25) is 0 Å². The number of alkyl halides is 3. The van der Waals surface area contributed by atoms with Gasteiger partial charge in [-0.15, -0.1) is 0 Å². The van der Waals surface area contributed by atoms with Gasteiger partial charge in [0.1, 0.15) is 16.7 Å². The molecule has 1 heterocycles. The Morgan fingerprint density at radius 3 is 2.42 bits per heavy atom. The van der Waals surface area contributed by atoms with Crippen LogP contribution >= 0.6 is 0 Å². The van der Waals surface area contributed by atoms with E-state index in [0.717, 1.165) is 18.7 Å². The van der Waals surface area contributed by atoms with Gasteiger partial charge < -0.3 is 4.74 Å². The van der Waals surface area contributed by atoms with Gasteiger partial charge in [-0.1, -0.05) is 54.1 Å². The Kier molecular flexibility index (Phi) is 5.31. The summed E-state index contributed by atoms with van der Waals surface area (Å²) in [6, 6.07) is 15.2. The van der Waals surface area contributed by atoms with E-state index in [1.54, 1.807) is 36.4 Å². The van der Waals surface area contributed by atoms with Crippen LogP contribution < -0.4 is 4.74 Å². The number of halogens is 3. The largest absolute Gasteiger partial charge is 0.484 e. The van der Waals surface area contributed by atoms with Crippen molar-refractivity contribution in [2.45, 2.75) is 30.5 Å². The van der Waals surface area contributed by atoms with E-state index in [0.29, 0.717) is 28.9 Å². The molecule has 0 radical (unpaired) electrons. The minimum Gasteiger partial charge on any atom is -0.484 e. The van der Waals surface area contributed by atoms with Crippen molar-refractivity contribution < 1.29 is 30.5 Å². The van der Waals surface area contributed by atoms with E-state index >= 15 is 0 Å². The zero-order valence-corrected chi connectivity index (χ0v) is 17.5. The first kappa shape index (κ1) is 21.4. The summed E-state index contributed by atoms with van der Waals surface area (Å²) in [6.07, 6.45) is -4.87. The number of hydrogen-bond acceptors (Lipinski definition) is 4. The first-order chi connectivity index (χ1) is 14.6. The van der Waals surface area contributed by atoms with E-state index in [1.807, 2.05) is 6.92 Å². The minimum atomic E-state index is -4.52. The van der Waals surface area contributed by atoms with E-state index in [4.69, 9.17) is 4.74 Å². The molecule has 0 saturated carbocycles. The summed E-state index contributed by atoms with van der Waals surface area (Å²) in [4.78, 5) is -0.0179. The molecule has 4 rings (SSSR count). The molecule has 3 aromatic rings. The van der Waals surface area contributed by atoms with Crippen LogP contribution in [0.4, 0.5) is 13.2 Å². The van der Waals surface area contributed by atoms with Crippen LogP contribution in [0.3, 0.4) is 0 Å². The predicted octanol–water partition coefficient (Wildman–Crippen LogP) is 5.69. The molecule has 0 fully saturated rings. The van der Waals surface area contributed by atoms with Crippen molar-refractivity contribution in [2.75, 3.05) is 7.11 Å². The fourth-order valence-electron chi connectivity index (χ4n) is 3.86. The standard InChI is InChI=1S/C23H19F3O4S/c1-14-10-11-21(31(27,28)29-2)18(12-14)20-13-15-6-5-8-17(22(15)30-20)16-7-3-4-9-19(16)23(24,25)26/h3-12,20H,13H2,1-2H3. The van der Waals surface area contributed by atoms with Crippen LogP contribution in [0.1, 0.15) is 28.4 Å². The maximum Gasteiger partial charge on any atom is 0.417 e. The topological polar surface area (TPSA) is 52.6 Å². The molecule has 1 aliphatic rings. The second-order valence-corrected chi connectivity index (χ2v) is 8.99. The van der Waals surface area contributed by atoms with Crippen LogP contribution in [-0.2, 0) is 26.9 Å². The molecule has 4 nitrogen and oxygen atoms in total. The molecule has 8 heteroatoms. The summed E-state index contributed by atoms with van der Waals surface area (Å²) in [7, 11) is -2.91. The van der Waals surface area contributed by atoms with Crippen molar-refractivity contribution in [3.8, 4) is 16.9 Å². The van der Waals surface area contributed by atoms with Crippen LogP contribution in [0.25, 0.3) is 11.1 Å². The summed E-state index contributed by atoms with van der Waals surface area (Å²) in [5.74, 6) is 0.325. The van der Waals surface area contributed by atoms with Crippen molar-refractivity contribution in [3.63, 3.8) is 0 Å². The molecule has 0 aliphatic carbocycles. The number of hydrogen-bond donors (Lipinski definition) is 0. The normalized spacial score (nSPS) is 16.1. The van der Waals surface area contributed by atoms with Gasteiger partial charge in [0.05, 0.1) is 12.7 Å². The van der Waals surface area contributed by atoms with Gasteiger partial charge in [0.25, 0.3) is 10.1 Å². The van der Waals surface area contributed by atoms with Gasteiger partial charge in [0.15, 0.2) is 0 Å². The molecule has 1 aliphatic heterocycles. The highest BCUT2D eigenvalue weighted by molar-refractivity contribution is 7.86. The Morgan fingerprint density at radius 1 is 1.00 bits per heavy atom. The number of rotatable bonds is 4. The van der Waals surface area contributed by atoms with E-state index < -0.39 is 28.0 Å². The Balaban J connectivity index is 1.82. The maximum atomic E-state index is 13.6. The summed E-state index contributed by atoms with van der Waals surface area (Å²) < 4.78 is 76.3. The molecule has 3 aromatic carbocycles. The fourth-order valence-corrected chi connectivity index (χ4v) is 4.75. The van der Waals surface area contributed by atoms with Gasteiger partial charge in [-0.25, -0.2) is 0 Å². The average molecular weight is 448 g/mol. The Morgan fingerprint density at radius 2 is 1.71 bits per heavy atom. The van der Waals surface area contributed by atoms with Crippen LogP contribution in [0, 0.1) is 6.92 Å². The van der Waals surface area contributed by atoms with Gasteiger partial charge in [-0.2, -0.15) is 21.6 Å². The molecule has 162 valence electrons. The fraction of sp³-hybridized carbons (Fsp3) is 0.217. The van der Waals surface area contributed by atoms with Crippen molar-refractivity contribution >= 4 is 10.1 Å². The van der Waals surface area contributed by atoms with Crippen LogP contribution in [0.5, 0.6) is 5.75 Å². The monoisotopic (exact) mass is 448 g/mol. The second kappa shape index (κ2) is 7.69. The number of aryl methyl sites for hydroxylation is 1. The predicted molar refractivity (Wildman–Crippen MR) is 109 cm³/mol. The van der Waals surface area contributed by atoms with E-state index in [1.165, 1.54) is 18.2 Å². The van der Waals surface area contributed by atoms with Gasteiger partial charge in [0, 0.05) is 17.5 Å². The van der Waals surface area contributed by atoms with Crippen molar-refractivity contribution in [3.05, 3.63) is 82.9 Å². The molecule has 0 bridgehead atoms. The Bertz CT molecular complexity index is 1250. The first-order valence-corrected chi connectivity index (χ1v) is 10.9. The molecule has 0 spiro atoms. The lowest BCUT2D eigenvalue weighted by molar-refractivity contribution is -0.137. The number of benzene rings is 3. The van der Waals surface area contributed by atoms with E-state index in [-0.39, 0.29) is 10.5 Å². The van der Waals surface area contributed by atoms with Crippen molar-refractivity contribution in [1.82, 2.24) is 0 Å². The van der Waals surface area contributed by atoms with E-state index in [2.05, 4.69) is 4.18 Å². The molecule has 1 unspecified atom stereocenters. The van der Waals surface area contributed by atoms with Crippen molar-refractivity contribution in [1.29, 1.82) is 0 Å². The lowest BCUT2D eigenvalue weighted by Gasteiger charge is -2.18. The molecular formula is C23H19F3O4S. The highest BCUT2D eigenvalue weighted by Crippen LogP contribution is 2.47. The molecule has 0 N–H and O–H groups in total. The highest BCUT2D eigenvalue weighted by atomic mass is 32.2. The molecule has 0 amide bonds. The summed E-state index contributed by atoms with van der Waals surface area (Å²) in [5.41, 5.74) is 1.52. The van der Waals surface area contributed by atoms with Gasteiger partial charge in [-0.3, -0.25) is 4.18 Å². The first-order valence-electron chi connectivity index (χ1n) is 9.48. The average Bonchev–Trinajstić information content (AvgIpc) is 3.17. The summed E-state index contributed by atoms with van der Waals surface area (Å²) >= 11 is 0. The number of ether oxygens (including phenoxy) is 1. The summed E-state index contributed by atoms with van der Waals surface area (Å²) in [6.45, 7) is 1.82. The van der Waals surface area contributed by atoms with Gasteiger partial charge >= 0.3 is 6.18 Å². The van der Waals surface area contributed by atoms with Gasteiger partial charge in [0.2, 0.25) is 0 Å². The Labute approximate surface area is 178 Å². The van der Waals surface area contributed by atoms with Crippen LogP contribution in [0.15, 0.2) is 65.6 Å². The molecular weight excluding hydrogens is 429 g/mol. The number of para-hydroxylation sites is 1. The van der Waals surface area contributed by atoms with Gasteiger partial charge in [-0.05, 0) is 30.2 Å². The lowest BCUT2D eigenvalue weighted by Crippen LogP contribution is -2.12. The molecule has 1 atom stereocenters. The highest BCUT2D eigenvalue weighted by Gasteiger charge is 2.36. The zero-order valence-electron chi connectivity index (χ0n) is 16.7. The second-order valence-electron chi connectivity index (χ2n) is 7.31. The number of fused-ring (bicyclic) bond motifs is 1. The minimum absolute atomic E-state index is 0.0153.